The molecular formula is C22H21FN6O2. The molecule has 0 aliphatic carbocycles. The zero-order valence-corrected chi connectivity index (χ0v) is 16.9. The lowest BCUT2D eigenvalue weighted by atomic mass is 10.1. The number of aromatic nitrogens is 5. The van der Waals surface area contributed by atoms with Crippen LogP contribution in [0.3, 0.4) is 0 Å². The highest BCUT2D eigenvalue weighted by Crippen LogP contribution is 2.26. The Morgan fingerprint density at radius 3 is 2.77 bits per heavy atom. The maximum Gasteiger partial charge on any atom is 0.270 e. The van der Waals surface area contributed by atoms with Crippen LogP contribution in [-0.4, -0.2) is 48.9 Å². The van der Waals surface area contributed by atoms with E-state index in [1.165, 1.54) is 6.07 Å². The molecule has 4 rings (SSSR count). The molecular weight excluding hydrogens is 399 g/mol. The quantitative estimate of drug-likeness (QED) is 0.476. The van der Waals surface area contributed by atoms with Gasteiger partial charge in [-0.2, -0.15) is 5.10 Å². The summed E-state index contributed by atoms with van der Waals surface area (Å²) in [4.78, 5) is 25.8. The Balaban J connectivity index is 1.80. The third-order valence-corrected chi connectivity index (χ3v) is 4.85. The number of nitrogens with zero attached hydrogens (tertiary/aromatic N) is 5. The van der Waals surface area contributed by atoms with Gasteiger partial charge in [0.2, 0.25) is 0 Å². The maximum atomic E-state index is 14.2. The van der Waals surface area contributed by atoms with Crippen molar-refractivity contribution in [1.82, 2.24) is 30.0 Å². The number of hydrogen-bond acceptors (Lipinski definition) is 6. The van der Waals surface area contributed by atoms with Crippen molar-refractivity contribution in [3.63, 3.8) is 0 Å². The molecule has 0 saturated carbocycles. The number of benzene rings is 1. The SMILES string of the molecule is CCc1cnc(-c2nn(Cc3ccccc3F)c3ncccc23)nc1C(=O)NCCO. The third kappa shape index (κ3) is 4.13. The second-order valence-electron chi connectivity index (χ2n) is 6.87. The zero-order chi connectivity index (χ0) is 21.8. The number of aliphatic hydroxyl groups excluding tert-OH is 1. The molecule has 158 valence electrons. The molecule has 4 aromatic rings. The van der Waals surface area contributed by atoms with Gasteiger partial charge in [0.15, 0.2) is 11.5 Å². The van der Waals surface area contributed by atoms with Crippen molar-refractivity contribution in [2.45, 2.75) is 19.9 Å². The Morgan fingerprint density at radius 1 is 1.16 bits per heavy atom. The number of carbonyl (C=O) groups is 1. The van der Waals surface area contributed by atoms with Gasteiger partial charge in [0.25, 0.3) is 5.91 Å². The standard InChI is InChI=1S/C22H21FN6O2/c1-2-14-12-26-20(27-18(14)22(31)25-10-11-30)19-16-7-5-9-24-21(16)29(28-19)13-15-6-3-4-8-17(15)23/h3-9,12,30H,2,10-11,13H2,1H3,(H,25,31). The number of nitrogens with one attached hydrogen (secondary N) is 1. The summed E-state index contributed by atoms with van der Waals surface area (Å²) in [7, 11) is 0. The van der Waals surface area contributed by atoms with E-state index in [1.54, 1.807) is 41.3 Å². The highest BCUT2D eigenvalue weighted by atomic mass is 19.1. The first-order chi connectivity index (χ1) is 15.1. The lowest BCUT2D eigenvalue weighted by molar-refractivity contribution is 0.0938. The van der Waals surface area contributed by atoms with Crippen LogP contribution in [0.2, 0.25) is 0 Å². The number of aryl methyl sites for hydroxylation is 1. The van der Waals surface area contributed by atoms with Crippen LogP contribution < -0.4 is 5.32 Å². The molecule has 0 bridgehead atoms. The lowest BCUT2D eigenvalue weighted by Gasteiger charge is -2.08. The number of carbonyl (C=O) groups excluding carboxylic acids is 1. The van der Waals surface area contributed by atoms with Gasteiger partial charge >= 0.3 is 0 Å². The number of amides is 1. The topological polar surface area (TPSA) is 106 Å². The van der Waals surface area contributed by atoms with E-state index in [2.05, 4.69) is 25.4 Å². The predicted octanol–water partition coefficient (Wildman–Crippen LogP) is 2.36. The van der Waals surface area contributed by atoms with E-state index in [1.807, 2.05) is 13.0 Å². The van der Waals surface area contributed by atoms with E-state index in [4.69, 9.17) is 5.11 Å². The Labute approximate surface area is 177 Å². The monoisotopic (exact) mass is 420 g/mol. The van der Waals surface area contributed by atoms with Crippen molar-refractivity contribution in [3.8, 4) is 11.5 Å². The molecule has 8 nitrogen and oxygen atoms in total. The predicted molar refractivity (Wildman–Crippen MR) is 113 cm³/mol. The van der Waals surface area contributed by atoms with Gasteiger partial charge in [-0.25, -0.2) is 24.0 Å². The molecule has 3 heterocycles. The van der Waals surface area contributed by atoms with E-state index < -0.39 is 0 Å². The Morgan fingerprint density at radius 2 is 2.00 bits per heavy atom. The Bertz CT molecular complexity index is 1240. The van der Waals surface area contributed by atoms with Crippen molar-refractivity contribution < 1.29 is 14.3 Å². The van der Waals surface area contributed by atoms with Gasteiger partial charge in [0.1, 0.15) is 17.2 Å². The lowest BCUT2D eigenvalue weighted by Crippen LogP contribution is -2.28. The minimum atomic E-state index is -0.386. The number of aliphatic hydroxyl groups is 1. The van der Waals surface area contributed by atoms with Crippen molar-refractivity contribution in [2.75, 3.05) is 13.2 Å². The van der Waals surface area contributed by atoms with Crippen LogP contribution in [0.15, 0.2) is 48.8 Å². The van der Waals surface area contributed by atoms with Gasteiger partial charge in [0, 0.05) is 30.1 Å². The summed E-state index contributed by atoms with van der Waals surface area (Å²) in [6.07, 6.45) is 3.82. The van der Waals surface area contributed by atoms with E-state index in [-0.39, 0.29) is 42.9 Å². The molecule has 0 saturated heterocycles. The maximum absolute atomic E-state index is 14.2. The molecule has 31 heavy (non-hydrogen) atoms. The zero-order valence-electron chi connectivity index (χ0n) is 16.9. The summed E-state index contributed by atoms with van der Waals surface area (Å²) in [6, 6.07) is 10.1. The van der Waals surface area contributed by atoms with Gasteiger partial charge in [-0.05, 0) is 24.6 Å². The van der Waals surface area contributed by atoms with Gasteiger partial charge < -0.3 is 10.4 Å². The minimum absolute atomic E-state index is 0.130. The number of hydrogen-bond donors (Lipinski definition) is 2. The van der Waals surface area contributed by atoms with Crippen LogP contribution >= 0.6 is 0 Å². The first kappa shape index (κ1) is 20.5. The van der Waals surface area contributed by atoms with Gasteiger partial charge in [-0.1, -0.05) is 25.1 Å². The smallest absolute Gasteiger partial charge is 0.270 e. The third-order valence-electron chi connectivity index (χ3n) is 4.85. The molecule has 0 atom stereocenters. The Kier molecular flexibility index (Phi) is 5.94. The molecule has 1 aromatic carbocycles. The fraction of sp³-hybridized carbons (Fsp3) is 0.227. The van der Waals surface area contributed by atoms with Gasteiger partial charge in [0.05, 0.1) is 18.5 Å². The first-order valence-corrected chi connectivity index (χ1v) is 9.92. The number of rotatable bonds is 7. The molecule has 0 radical (unpaired) electrons. The van der Waals surface area contributed by atoms with Crippen molar-refractivity contribution >= 4 is 16.9 Å². The second-order valence-corrected chi connectivity index (χ2v) is 6.87. The molecule has 0 spiro atoms. The summed E-state index contributed by atoms with van der Waals surface area (Å²) in [5.41, 5.74) is 2.43. The molecule has 9 heteroatoms. The fourth-order valence-electron chi connectivity index (χ4n) is 3.30. The molecule has 0 unspecified atom stereocenters. The number of halogens is 1. The molecule has 0 aliphatic rings. The van der Waals surface area contributed by atoms with Crippen LogP contribution in [-0.2, 0) is 13.0 Å². The molecule has 2 N–H and O–H groups in total. The van der Waals surface area contributed by atoms with Crippen LogP contribution in [0.25, 0.3) is 22.6 Å². The average Bonchev–Trinajstić information content (AvgIpc) is 3.17. The van der Waals surface area contributed by atoms with Gasteiger partial charge in [-0.15, -0.1) is 0 Å². The van der Waals surface area contributed by atoms with Crippen LogP contribution in [0.1, 0.15) is 28.5 Å². The van der Waals surface area contributed by atoms with E-state index >= 15 is 0 Å². The molecule has 1 amide bonds. The van der Waals surface area contributed by atoms with E-state index in [0.29, 0.717) is 34.3 Å². The highest BCUT2D eigenvalue weighted by molar-refractivity contribution is 5.95. The van der Waals surface area contributed by atoms with Crippen molar-refractivity contribution in [1.29, 1.82) is 0 Å². The minimum Gasteiger partial charge on any atom is -0.395 e. The van der Waals surface area contributed by atoms with Gasteiger partial charge in [-0.3, -0.25) is 4.79 Å². The van der Waals surface area contributed by atoms with Crippen LogP contribution in [0, 0.1) is 5.82 Å². The summed E-state index contributed by atoms with van der Waals surface area (Å²) in [5.74, 6) is -0.436. The fourth-order valence-corrected chi connectivity index (χ4v) is 3.30. The second kappa shape index (κ2) is 8.97. The Hall–Kier alpha value is -3.72. The molecule has 0 fully saturated rings. The van der Waals surface area contributed by atoms with Crippen LogP contribution in [0.4, 0.5) is 4.39 Å². The summed E-state index contributed by atoms with van der Waals surface area (Å²) >= 11 is 0. The highest BCUT2D eigenvalue weighted by Gasteiger charge is 2.20. The molecule has 0 aliphatic heterocycles. The van der Waals surface area contributed by atoms with E-state index in [9.17, 15) is 9.18 Å². The number of pyridine rings is 1. The first-order valence-electron chi connectivity index (χ1n) is 9.92. The summed E-state index contributed by atoms with van der Waals surface area (Å²) in [5, 5.41) is 16.9. The normalized spacial score (nSPS) is 11.1. The molecule has 3 aromatic heterocycles. The number of fused-ring (bicyclic) bond motifs is 1. The van der Waals surface area contributed by atoms with Crippen LogP contribution in [0.5, 0.6) is 0 Å². The average molecular weight is 420 g/mol. The summed E-state index contributed by atoms with van der Waals surface area (Å²) < 4.78 is 15.8. The largest absolute Gasteiger partial charge is 0.395 e. The van der Waals surface area contributed by atoms with Crippen molar-refractivity contribution in [3.05, 3.63) is 71.4 Å². The van der Waals surface area contributed by atoms with E-state index in [0.717, 1.165) is 0 Å². The summed E-state index contributed by atoms with van der Waals surface area (Å²) in [6.45, 7) is 2.06. The van der Waals surface area contributed by atoms with Crippen molar-refractivity contribution in [2.24, 2.45) is 0 Å².